The second-order valence-electron chi connectivity index (χ2n) is 9.94. The van der Waals surface area contributed by atoms with Gasteiger partial charge in [0.05, 0.1) is 11.6 Å². The SMILES string of the molecule is CC1(C)CC(N2C[C@@H](Cc3ccc4ccccc4n3)[C@H](O)C2)CC(C)(C)N1. The molecule has 2 N–H and O–H groups in total. The van der Waals surface area contributed by atoms with Gasteiger partial charge in [-0.2, -0.15) is 0 Å². The molecule has 0 unspecified atom stereocenters. The fourth-order valence-electron chi connectivity index (χ4n) is 5.40. The number of benzene rings is 1. The Morgan fingerprint density at radius 1 is 1.04 bits per heavy atom. The molecule has 0 radical (unpaired) electrons. The normalized spacial score (nSPS) is 28.6. The molecule has 1 aromatic carbocycles. The van der Waals surface area contributed by atoms with Crippen molar-refractivity contribution in [2.75, 3.05) is 13.1 Å². The lowest BCUT2D eigenvalue weighted by molar-refractivity contribution is 0.0704. The highest BCUT2D eigenvalue weighted by Gasteiger charge is 2.43. The minimum atomic E-state index is -0.264. The molecule has 2 aliphatic heterocycles. The van der Waals surface area contributed by atoms with E-state index in [2.05, 4.69) is 62.2 Å². The zero-order valence-electron chi connectivity index (χ0n) is 17.1. The van der Waals surface area contributed by atoms with Gasteiger partial charge in [0.15, 0.2) is 0 Å². The zero-order chi connectivity index (χ0) is 19.2. The molecule has 4 nitrogen and oxygen atoms in total. The fraction of sp³-hybridized carbons (Fsp3) is 0.609. The summed E-state index contributed by atoms with van der Waals surface area (Å²) in [5, 5.41) is 15.7. The number of piperidine rings is 1. The van der Waals surface area contributed by atoms with Crippen molar-refractivity contribution >= 4 is 10.9 Å². The minimum Gasteiger partial charge on any atom is -0.391 e. The topological polar surface area (TPSA) is 48.4 Å². The zero-order valence-corrected chi connectivity index (χ0v) is 17.1. The Bertz CT molecular complexity index is 800. The maximum absolute atomic E-state index is 10.7. The average molecular weight is 368 g/mol. The van der Waals surface area contributed by atoms with Crippen LogP contribution < -0.4 is 5.32 Å². The lowest BCUT2D eigenvalue weighted by Gasteiger charge is -2.49. The van der Waals surface area contributed by atoms with Crippen molar-refractivity contribution in [3.63, 3.8) is 0 Å². The highest BCUT2D eigenvalue weighted by Crippen LogP contribution is 2.34. The monoisotopic (exact) mass is 367 g/mol. The van der Waals surface area contributed by atoms with E-state index in [1.165, 1.54) is 5.39 Å². The van der Waals surface area contributed by atoms with Crippen LogP contribution in [-0.2, 0) is 6.42 Å². The Morgan fingerprint density at radius 2 is 1.74 bits per heavy atom. The van der Waals surface area contributed by atoms with E-state index < -0.39 is 0 Å². The first kappa shape index (κ1) is 18.9. The number of hydrogen-bond donors (Lipinski definition) is 2. The molecule has 0 spiro atoms. The van der Waals surface area contributed by atoms with Crippen molar-refractivity contribution < 1.29 is 5.11 Å². The molecule has 2 fully saturated rings. The lowest BCUT2D eigenvalue weighted by Crippen LogP contribution is -2.62. The molecule has 0 aliphatic carbocycles. The Hall–Kier alpha value is -1.49. The molecule has 4 heteroatoms. The molecule has 4 rings (SSSR count). The fourth-order valence-corrected chi connectivity index (χ4v) is 5.40. The van der Waals surface area contributed by atoms with Crippen LogP contribution in [0.4, 0.5) is 0 Å². The highest BCUT2D eigenvalue weighted by molar-refractivity contribution is 5.78. The predicted molar refractivity (Wildman–Crippen MR) is 111 cm³/mol. The molecule has 0 saturated carbocycles. The quantitative estimate of drug-likeness (QED) is 0.873. The van der Waals surface area contributed by atoms with E-state index in [9.17, 15) is 5.11 Å². The summed E-state index contributed by atoms with van der Waals surface area (Å²) >= 11 is 0. The predicted octanol–water partition coefficient (Wildman–Crippen LogP) is 3.38. The van der Waals surface area contributed by atoms with Gasteiger partial charge in [-0.15, -0.1) is 0 Å². The van der Waals surface area contributed by atoms with Gasteiger partial charge in [0.25, 0.3) is 0 Å². The molecule has 2 atom stereocenters. The summed E-state index contributed by atoms with van der Waals surface area (Å²) in [4.78, 5) is 7.35. The number of para-hydroxylation sites is 1. The van der Waals surface area contributed by atoms with Crippen LogP contribution in [-0.4, -0.2) is 51.3 Å². The van der Waals surface area contributed by atoms with Crippen LogP contribution in [0.15, 0.2) is 36.4 Å². The van der Waals surface area contributed by atoms with Crippen molar-refractivity contribution in [3.05, 3.63) is 42.1 Å². The van der Waals surface area contributed by atoms with Crippen molar-refractivity contribution in [1.29, 1.82) is 0 Å². The lowest BCUT2D eigenvalue weighted by atomic mass is 9.79. The van der Waals surface area contributed by atoms with E-state index in [0.29, 0.717) is 6.04 Å². The van der Waals surface area contributed by atoms with E-state index in [-0.39, 0.29) is 23.1 Å². The summed E-state index contributed by atoms with van der Waals surface area (Å²) in [5.41, 5.74) is 2.40. The highest BCUT2D eigenvalue weighted by atomic mass is 16.3. The molecule has 3 heterocycles. The van der Waals surface area contributed by atoms with E-state index in [0.717, 1.165) is 43.6 Å². The molecular weight excluding hydrogens is 334 g/mol. The molecule has 2 aromatic rings. The molecule has 2 aliphatic rings. The number of rotatable bonds is 3. The Kier molecular flexibility index (Phi) is 4.77. The van der Waals surface area contributed by atoms with Crippen LogP contribution >= 0.6 is 0 Å². The third-order valence-electron chi connectivity index (χ3n) is 6.25. The van der Waals surface area contributed by atoms with Crippen LogP contribution in [0.5, 0.6) is 0 Å². The number of hydrogen-bond acceptors (Lipinski definition) is 4. The number of aromatic nitrogens is 1. The van der Waals surface area contributed by atoms with Crippen molar-refractivity contribution in [1.82, 2.24) is 15.2 Å². The first-order valence-electron chi connectivity index (χ1n) is 10.3. The van der Waals surface area contributed by atoms with Crippen molar-refractivity contribution in [3.8, 4) is 0 Å². The number of aliphatic hydroxyl groups is 1. The van der Waals surface area contributed by atoms with Gasteiger partial charge in [0.1, 0.15) is 0 Å². The molecular formula is C23H33N3O. The average Bonchev–Trinajstić information content (AvgIpc) is 2.93. The summed E-state index contributed by atoms with van der Waals surface area (Å²) in [6.45, 7) is 10.9. The summed E-state index contributed by atoms with van der Waals surface area (Å²) in [7, 11) is 0. The summed E-state index contributed by atoms with van der Waals surface area (Å²) in [6, 6.07) is 13.0. The molecule has 2 saturated heterocycles. The van der Waals surface area contributed by atoms with Gasteiger partial charge in [-0.05, 0) is 59.1 Å². The van der Waals surface area contributed by atoms with Gasteiger partial charge in [-0.3, -0.25) is 9.88 Å². The number of β-amino-alcohol motifs (C(OH)–C–C–N with tert-alkyl or cyclic N) is 1. The van der Waals surface area contributed by atoms with Gasteiger partial charge in [0.2, 0.25) is 0 Å². The van der Waals surface area contributed by atoms with E-state index in [1.54, 1.807) is 0 Å². The standard InChI is InChI=1S/C23H33N3O/c1-22(2)12-19(13-23(3,4)25-22)26-14-17(21(27)15-26)11-18-10-9-16-7-5-6-8-20(16)24-18/h5-10,17,19,21,25,27H,11-15H2,1-4H3/t17-,21-/m1/s1. The van der Waals surface area contributed by atoms with Crippen molar-refractivity contribution in [2.24, 2.45) is 5.92 Å². The Balaban J connectivity index is 1.46. The van der Waals surface area contributed by atoms with E-state index in [1.807, 2.05) is 12.1 Å². The van der Waals surface area contributed by atoms with Crippen molar-refractivity contribution in [2.45, 2.75) is 70.2 Å². The summed E-state index contributed by atoms with van der Waals surface area (Å²) in [5.74, 6) is 0.264. The Labute approximate surface area is 163 Å². The van der Waals surface area contributed by atoms with Crippen LogP contribution in [0.25, 0.3) is 10.9 Å². The molecule has 27 heavy (non-hydrogen) atoms. The summed E-state index contributed by atoms with van der Waals surface area (Å²) in [6.07, 6.45) is 2.84. The van der Waals surface area contributed by atoms with Gasteiger partial charge in [0, 0.05) is 47.2 Å². The second-order valence-corrected chi connectivity index (χ2v) is 9.94. The number of pyridine rings is 1. The number of fused-ring (bicyclic) bond motifs is 1. The first-order chi connectivity index (χ1) is 12.7. The number of nitrogens with zero attached hydrogens (tertiary/aromatic N) is 2. The van der Waals surface area contributed by atoms with Crippen LogP contribution in [0.2, 0.25) is 0 Å². The van der Waals surface area contributed by atoms with Crippen LogP contribution in [0.1, 0.15) is 46.2 Å². The summed E-state index contributed by atoms with van der Waals surface area (Å²) < 4.78 is 0. The number of aliphatic hydroxyl groups excluding tert-OH is 1. The van der Waals surface area contributed by atoms with Gasteiger partial charge in [-0.25, -0.2) is 0 Å². The maximum Gasteiger partial charge on any atom is 0.0711 e. The molecule has 0 amide bonds. The molecule has 0 bridgehead atoms. The Morgan fingerprint density at radius 3 is 2.48 bits per heavy atom. The smallest absolute Gasteiger partial charge is 0.0711 e. The number of nitrogens with one attached hydrogen (secondary N) is 1. The third-order valence-corrected chi connectivity index (χ3v) is 6.25. The maximum atomic E-state index is 10.7. The number of likely N-dealkylation sites (tertiary alicyclic amines) is 1. The van der Waals surface area contributed by atoms with Gasteiger partial charge in [-0.1, -0.05) is 24.3 Å². The largest absolute Gasteiger partial charge is 0.391 e. The minimum absolute atomic E-state index is 0.134. The first-order valence-corrected chi connectivity index (χ1v) is 10.3. The van der Waals surface area contributed by atoms with Gasteiger partial charge < -0.3 is 10.4 Å². The van der Waals surface area contributed by atoms with Crippen LogP contribution in [0.3, 0.4) is 0 Å². The molecule has 1 aromatic heterocycles. The third kappa shape index (κ3) is 4.18. The second kappa shape index (κ2) is 6.84. The van der Waals surface area contributed by atoms with E-state index >= 15 is 0 Å². The van der Waals surface area contributed by atoms with Crippen LogP contribution in [0, 0.1) is 5.92 Å². The van der Waals surface area contributed by atoms with E-state index in [4.69, 9.17) is 4.98 Å². The van der Waals surface area contributed by atoms with Gasteiger partial charge >= 0.3 is 0 Å². The molecule has 146 valence electrons.